The first-order valence-electron chi connectivity index (χ1n) is 12.9. The Balaban J connectivity index is 1.40. The summed E-state index contributed by atoms with van der Waals surface area (Å²) >= 11 is 1.27. The normalized spacial score (nSPS) is 10.9. The van der Waals surface area contributed by atoms with Gasteiger partial charge >= 0.3 is 0 Å². The van der Waals surface area contributed by atoms with E-state index in [4.69, 9.17) is 4.98 Å². The highest BCUT2D eigenvalue weighted by atomic mass is 32.2. The van der Waals surface area contributed by atoms with Crippen LogP contribution in [0.5, 0.6) is 0 Å². The van der Waals surface area contributed by atoms with Gasteiger partial charge in [-0.1, -0.05) is 90.1 Å². The third-order valence-electron chi connectivity index (χ3n) is 6.75. The lowest BCUT2D eigenvalue weighted by Gasteiger charge is -2.14. The second-order valence-corrected chi connectivity index (χ2v) is 10.4. The Hall–Kier alpha value is -4.99. The van der Waals surface area contributed by atoms with E-state index in [0.717, 1.165) is 49.6 Å². The molecule has 1 amide bonds. The third kappa shape index (κ3) is 5.03. The minimum atomic E-state index is -0.181. The molecular weight excluding hydrogens is 512 g/mol. The first kappa shape index (κ1) is 25.3. The molecule has 0 radical (unpaired) electrons. The van der Waals surface area contributed by atoms with Crippen LogP contribution in [-0.4, -0.2) is 21.6 Å². The predicted molar refractivity (Wildman–Crippen MR) is 163 cm³/mol. The van der Waals surface area contributed by atoms with Gasteiger partial charge < -0.3 is 5.32 Å². The van der Waals surface area contributed by atoms with E-state index in [9.17, 15) is 10.1 Å². The Labute approximate surface area is 236 Å². The molecule has 2 heterocycles. The van der Waals surface area contributed by atoms with Crippen LogP contribution in [0.1, 0.15) is 11.1 Å². The smallest absolute Gasteiger partial charge is 0.234 e. The van der Waals surface area contributed by atoms with Gasteiger partial charge in [0.05, 0.1) is 28.2 Å². The lowest BCUT2D eigenvalue weighted by Crippen LogP contribution is -2.14. The van der Waals surface area contributed by atoms with Gasteiger partial charge in [0.25, 0.3) is 0 Å². The summed E-state index contributed by atoms with van der Waals surface area (Å²) in [4.78, 5) is 22.4. The zero-order valence-corrected chi connectivity index (χ0v) is 22.6. The molecule has 5 nitrogen and oxygen atoms in total. The fraction of sp³-hybridized carbons (Fsp3) is 0.0588. The number of hydrogen-bond donors (Lipinski definition) is 1. The Kier molecular flexibility index (Phi) is 6.96. The van der Waals surface area contributed by atoms with Gasteiger partial charge in [0.15, 0.2) is 0 Å². The molecule has 0 bridgehead atoms. The van der Waals surface area contributed by atoms with Gasteiger partial charge in [0.2, 0.25) is 5.91 Å². The van der Waals surface area contributed by atoms with Crippen molar-refractivity contribution in [1.82, 2.24) is 9.97 Å². The van der Waals surface area contributed by atoms with Crippen LogP contribution in [0.3, 0.4) is 0 Å². The number of aromatic nitrogens is 2. The maximum absolute atomic E-state index is 13.1. The number of amides is 1. The number of fused-ring (bicyclic) bond motifs is 2. The van der Waals surface area contributed by atoms with Crippen LogP contribution in [0, 0.1) is 18.3 Å². The van der Waals surface area contributed by atoms with Crippen molar-refractivity contribution in [3.8, 4) is 28.5 Å². The highest BCUT2D eigenvalue weighted by Crippen LogP contribution is 2.36. The number of nitrogens with one attached hydrogen (secondary N) is 1. The molecule has 6 aromatic rings. The Morgan fingerprint density at radius 1 is 0.875 bits per heavy atom. The van der Waals surface area contributed by atoms with Gasteiger partial charge in [-0.25, -0.2) is 4.98 Å². The summed E-state index contributed by atoms with van der Waals surface area (Å²) in [6.45, 7) is 2.03. The average Bonchev–Trinajstić information content (AvgIpc) is 2.99. The zero-order chi connectivity index (χ0) is 27.5. The topological polar surface area (TPSA) is 78.7 Å². The van der Waals surface area contributed by atoms with Gasteiger partial charge in [-0.15, -0.1) is 0 Å². The molecule has 6 heteroatoms. The number of pyridine rings is 2. The molecule has 0 aliphatic rings. The number of carbonyl (C=O) groups excluding carboxylic acids is 1. The summed E-state index contributed by atoms with van der Waals surface area (Å²) in [7, 11) is 0. The van der Waals surface area contributed by atoms with Crippen LogP contribution in [0.15, 0.2) is 114 Å². The maximum atomic E-state index is 13.1. The van der Waals surface area contributed by atoms with E-state index in [0.29, 0.717) is 16.3 Å². The largest absolute Gasteiger partial charge is 0.325 e. The maximum Gasteiger partial charge on any atom is 0.234 e. The summed E-state index contributed by atoms with van der Waals surface area (Å²) in [5.74, 6) is -0.0791. The van der Waals surface area contributed by atoms with Gasteiger partial charge in [0.1, 0.15) is 11.1 Å². The van der Waals surface area contributed by atoms with Crippen molar-refractivity contribution in [3.05, 3.63) is 120 Å². The summed E-state index contributed by atoms with van der Waals surface area (Å²) in [5, 5.41) is 16.9. The number of thioether (sulfide) groups is 1. The molecule has 6 rings (SSSR count). The SMILES string of the molecule is Cc1cccc(-c2cc(-c3cccc4ccccc34)nc(SCC(=O)Nc3cccc4ncccc34)c2C#N)c1. The van der Waals surface area contributed by atoms with E-state index >= 15 is 0 Å². The van der Waals surface area contributed by atoms with E-state index < -0.39 is 0 Å². The van der Waals surface area contributed by atoms with Crippen LogP contribution in [0.2, 0.25) is 0 Å². The zero-order valence-electron chi connectivity index (χ0n) is 21.8. The molecule has 0 fully saturated rings. The van der Waals surface area contributed by atoms with Crippen molar-refractivity contribution in [2.24, 2.45) is 0 Å². The Morgan fingerprint density at radius 3 is 2.55 bits per heavy atom. The minimum Gasteiger partial charge on any atom is -0.325 e. The van der Waals surface area contributed by atoms with Crippen LogP contribution >= 0.6 is 11.8 Å². The van der Waals surface area contributed by atoms with Gasteiger partial charge in [0, 0.05) is 22.7 Å². The van der Waals surface area contributed by atoms with Crippen molar-refractivity contribution in [2.45, 2.75) is 11.9 Å². The van der Waals surface area contributed by atoms with E-state index in [1.54, 1.807) is 6.20 Å². The number of hydrogen-bond acceptors (Lipinski definition) is 5. The summed E-state index contributed by atoms with van der Waals surface area (Å²) in [6, 6.07) is 36.2. The molecule has 0 saturated carbocycles. The molecule has 40 heavy (non-hydrogen) atoms. The predicted octanol–water partition coefficient (Wildman–Crippen LogP) is 8.03. The molecule has 0 aliphatic carbocycles. The second-order valence-electron chi connectivity index (χ2n) is 9.46. The molecule has 1 N–H and O–H groups in total. The molecule has 192 valence electrons. The highest BCUT2D eigenvalue weighted by molar-refractivity contribution is 8.00. The number of rotatable bonds is 6. The molecule has 0 unspecified atom stereocenters. The van der Waals surface area contributed by atoms with Crippen molar-refractivity contribution in [1.29, 1.82) is 5.26 Å². The van der Waals surface area contributed by atoms with Gasteiger partial charge in [-0.05, 0) is 53.6 Å². The van der Waals surface area contributed by atoms with Crippen molar-refractivity contribution in [2.75, 3.05) is 11.1 Å². The van der Waals surface area contributed by atoms with Crippen LogP contribution < -0.4 is 5.32 Å². The molecular formula is C34H24N4OS. The lowest BCUT2D eigenvalue weighted by molar-refractivity contribution is -0.113. The van der Waals surface area contributed by atoms with Crippen molar-refractivity contribution >= 4 is 45.0 Å². The summed E-state index contributed by atoms with van der Waals surface area (Å²) in [6.07, 6.45) is 1.73. The Bertz CT molecular complexity index is 1930. The minimum absolute atomic E-state index is 0.102. The molecule has 2 aromatic heterocycles. The molecule has 4 aromatic carbocycles. The van der Waals surface area contributed by atoms with Crippen molar-refractivity contribution < 1.29 is 4.79 Å². The molecule has 0 saturated heterocycles. The van der Waals surface area contributed by atoms with E-state index in [2.05, 4.69) is 40.6 Å². The van der Waals surface area contributed by atoms with Crippen LogP contribution in [-0.2, 0) is 4.79 Å². The Morgan fingerprint density at radius 2 is 1.68 bits per heavy atom. The summed E-state index contributed by atoms with van der Waals surface area (Å²) in [5.41, 5.74) is 6.55. The number of carbonyl (C=O) groups is 1. The average molecular weight is 537 g/mol. The summed E-state index contributed by atoms with van der Waals surface area (Å²) < 4.78 is 0. The van der Waals surface area contributed by atoms with Crippen LogP contribution in [0.4, 0.5) is 5.69 Å². The number of nitrogens with zero attached hydrogens (tertiary/aromatic N) is 3. The number of aryl methyl sites for hydroxylation is 1. The second kappa shape index (κ2) is 11.0. The van der Waals surface area contributed by atoms with Crippen LogP contribution in [0.25, 0.3) is 44.1 Å². The van der Waals surface area contributed by atoms with E-state index in [1.165, 1.54) is 11.8 Å². The first-order chi connectivity index (χ1) is 19.6. The van der Waals surface area contributed by atoms with E-state index in [1.807, 2.05) is 85.8 Å². The van der Waals surface area contributed by atoms with Gasteiger partial charge in [-0.2, -0.15) is 5.26 Å². The van der Waals surface area contributed by atoms with Crippen molar-refractivity contribution in [3.63, 3.8) is 0 Å². The van der Waals surface area contributed by atoms with E-state index in [-0.39, 0.29) is 11.7 Å². The molecule has 0 spiro atoms. The standard InChI is InChI=1S/C34H24N4OS/c1-22-8-4-11-24(18-22)28-19-32(26-13-5-10-23-9-2-3-12-25(23)26)38-34(29(28)20-35)40-21-33(39)37-31-16-6-15-30-27(31)14-7-17-36-30/h2-19H,21H2,1H3,(H,37,39). The molecule has 0 atom stereocenters. The highest BCUT2D eigenvalue weighted by Gasteiger charge is 2.18. The van der Waals surface area contributed by atoms with Gasteiger partial charge in [-0.3, -0.25) is 9.78 Å². The fourth-order valence-corrected chi connectivity index (χ4v) is 5.70. The fourth-order valence-electron chi connectivity index (χ4n) is 4.89. The number of benzene rings is 4. The monoisotopic (exact) mass is 536 g/mol. The number of anilines is 1. The number of nitriles is 1. The quantitative estimate of drug-likeness (QED) is 0.218. The third-order valence-corrected chi connectivity index (χ3v) is 7.73. The first-order valence-corrected chi connectivity index (χ1v) is 13.9. The molecule has 0 aliphatic heterocycles. The lowest BCUT2D eigenvalue weighted by atomic mass is 9.96.